The van der Waals surface area contributed by atoms with Crippen LogP contribution in [0.5, 0.6) is 11.5 Å². The van der Waals surface area contributed by atoms with Gasteiger partial charge in [0.05, 0.1) is 26.4 Å². The lowest BCUT2D eigenvalue weighted by molar-refractivity contribution is 0.366. The van der Waals surface area contributed by atoms with E-state index >= 15 is 0 Å². The van der Waals surface area contributed by atoms with Gasteiger partial charge in [0.1, 0.15) is 0 Å². The maximum atomic E-state index is 13.7. The van der Waals surface area contributed by atoms with Crippen LogP contribution in [-0.2, 0) is 10.1 Å². The Morgan fingerprint density at radius 3 is 2.26 bits per heavy atom. The van der Waals surface area contributed by atoms with E-state index < -0.39 is 33.2 Å². The third-order valence-electron chi connectivity index (χ3n) is 2.82. The molecule has 1 aromatic rings. The molecule has 1 aromatic carbocycles. The molecule has 0 aliphatic rings. The lowest BCUT2D eigenvalue weighted by Gasteiger charge is -2.29. The van der Waals surface area contributed by atoms with E-state index in [-0.39, 0.29) is 23.1 Å². The van der Waals surface area contributed by atoms with Gasteiger partial charge in [0.15, 0.2) is 23.0 Å². The van der Waals surface area contributed by atoms with Crippen molar-refractivity contribution in [1.82, 2.24) is 4.48 Å². The summed E-state index contributed by atoms with van der Waals surface area (Å²) in [7, 11) is -0.799. The fourth-order valence-electron chi connectivity index (χ4n) is 1.77. The number of hydrogen-bond donors (Lipinski definition) is 3. The van der Waals surface area contributed by atoms with Crippen LogP contribution in [0.4, 0.5) is 10.1 Å². The molecule has 0 spiro atoms. The molecule has 0 heterocycles. The van der Waals surface area contributed by atoms with E-state index in [0.717, 1.165) is 12.1 Å². The first-order chi connectivity index (χ1) is 8.53. The summed E-state index contributed by atoms with van der Waals surface area (Å²) in [6, 6.07) is 1.89. The second-order valence-corrected chi connectivity index (χ2v) is 6.41. The maximum absolute atomic E-state index is 13.7. The Kier molecular flexibility index (Phi) is 4.39. The summed E-state index contributed by atoms with van der Waals surface area (Å²) >= 11 is 0. The first kappa shape index (κ1) is 15.7. The Morgan fingerprint density at radius 2 is 1.74 bits per heavy atom. The van der Waals surface area contributed by atoms with E-state index in [1.807, 2.05) is 0 Å². The average Bonchev–Trinajstić information content (AvgIpc) is 2.20. The van der Waals surface area contributed by atoms with E-state index in [4.69, 9.17) is 9.66 Å². The number of aromatic hydroxyl groups is 2. The Labute approximate surface area is 111 Å². The molecule has 0 bridgehead atoms. The second-order valence-electron chi connectivity index (χ2n) is 4.84. The molecule has 0 aromatic heterocycles. The molecule has 0 saturated carbocycles. The Morgan fingerprint density at radius 1 is 1.21 bits per heavy atom. The summed E-state index contributed by atoms with van der Waals surface area (Å²) < 4.78 is 43.6. The highest BCUT2D eigenvalue weighted by molar-refractivity contribution is 7.85. The summed E-state index contributed by atoms with van der Waals surface area (Å²) in [6.07, 6.45) is 0.132. The maximum Gasteiger partial charge on any atom is 0.265 e. The van der Waals surface area contributed by atoms with Gasteiger partial charge in [0.25, 0.3) is 10.1 Å². The minimum atomic E-state index is -4.05. The number of benzene rings is 1. The molecular weight excluding hydrogens is 277 g/mol. The van der Waals surface area contributed by atoms with Crippen LogP contribution >= 0.6 is 0 Å². The van der Waals surface area contributed by atoms with E-state index in [2.05, 4.69) is 0 Å². The van der Waals surface area contributed by atoms with Crippen LogP contribution in [0.3, 0.4) is 0 Å². The fourth-order valence-corrected chi connectivity index (χ4v) is 2.26. The zero-order valence-corrected chi connectivity index (χ0v) is 11.5. The molecule has 19 heavy (non-hydrogen) atoms. The van der Waals surface area contributed by atoms with Crippen molar-refractivity contribution in [2.45, 2.75) is 6.42 Å². The van der Waals surface area contributed by atoms with Gasteiger partial charge in [-0.25, -0.2) is 4.39 Å². The minimum Gasteiger partial charge on any atom is -0.504 e. The van der Waals surface area contributed by atoms with Gasteiger partial charge in [0.2, 0.25) is 0 Å². The summed E-state index contributed by atoms with van der Waals surface area (Å²) in [5, 5.41) is 18.5. The van der Waals surface area contributed by atoms with Crippen LogP contribution in [0.1, 0.15) is 6.42 Å². The Hall–Kier alpha value is -1.38. The van der Waals surface area contributed by atoms with Crippen molar-refractivity contribution in [3.63, 3.8) is 0 Å². The molecule has 1 rings (SSSR count). The molecule has 3 N–H and O–H groups in total. The Balaban J connectivity index is 2.91. The largest absolute Gasteiger partial charge is 0.504 e. The fraction of sp³-hybridized carbons (Fsp3) is 0.455. The van der Waals surface area contributed by atoms with E-state index in [1.165, 1.54) is 0 Å². The van der Waals surface area contributed by atoms with Gasteiger partial charge in [-0.1, -0.05) is 0 Å². The zero-order valence-electron chi connectivity index (χ0n) is 10.7. The molecular formula is C11H17FNO5S+. The first-order valence-electron chi connectivity index (χ1n) is 5.53. The van der Waals surface area contributed by atoms with Crippen molar-refractivity contribution >= 4 is 15.8 Å². The number of hydrogen-bond acceptors (Lipinski definition) is 4. The molecule has 0 amide bonds. The number of nitrogens with zero attached hydrogens (tertiary/aromatic N) is 1. The molecule has 0 fully saturated rings. The number of halogens is 1. The van der Waals surface area contributed by atoms with Gasteiger partial charge >= 0.3 is 0 Å². The van der Waals surface area contributed by atoms with Crippen molar-refractivity contribution in [2.24, 2.45) is 0 Å². The predicted molar refractivity (Wildman–Crippen MR) is 69.3 cm³/mol. The van der Waals surface area contributed by atoms with Gasteiger partial charge in [-0.05, 0) is 0 Å². The lowest BCUT2D eigenvalue weighted by atomic mass is 10.2. The van der Waals surface area contributed by atoms with Crippen molar-refractivity contribution in [3.8, 4) is 11.5 Å². The molecule has 108 valence electrons. The number of phenolic OH excluding ortho intramolecular Hbond substituents is 2. The van der Waals surface area contributed by atoms with Gasteiger partial charge in [0, 0.05) is 18.6 Å². The smallest absolute Gasteiger partial charge is 0.265 e. The topological polar surface area (TPSA) is 94.8 Å². The zero-order chi connectivity index (χ0) is 14.8. The predicted octanol–water partition coefficient (Wildman–Crippen LogP) is 1.08. The minimum absolute atomic E-state index is 0.0325. The molecule has 6 nitrogen and oxygen atoms in total. The van der Waals surface area contributed by atoms with E-state index in [9.17, 15) is 17.9 Å². The van der Waals surface area contributed by atoms with Crippen LogP contribution in [0.15, 0.2) is 12.1 Å². The molecule has 0 aliphatic heterocycles. The van der Waals surface area contributed by atoms with Crippen molar-refractivity contribution in [3.05, 3.63) is 17.9 Å². The third kappa shape index (κ3) is 4.34. The molecule has 0 saturated heterocycles. The van der Waals surface area contributed by atoms with Crippen molar-refractivity contribution in [2.75, 3.05) is 26.4 Å². The molecule has 0 radical (unpaired) electrons. The highest BCUT2D eigenvalue weighted by Gasteiger charge is 2.25. The summed E-state index contributed by atoms with van der Waals surface area (Å²) in [5.74, 6) is -2.12. The molecule has 8 heteroatoms. The Bertz CT molecular complexity index is 571. The summed E-state index contributed by atoms with van der Waals surface area (Å²) in [4.78, 5) is 0. The SMILES string of the molecule is C[N+](C)(CCCS(=O)(=O)O)c1cc(O)c(O)cc1F. The van der Waals surface area contributed by atoms with Crippen molar-refractivity contribution in [1.29, 1.82) is 0 Å². The van der Waals surface area contributed by atoms with Gasteiger partial charge < -0.3 is 10.2 Å². The monoisotopic (exact) mass is 294 g/mol. The van der Waals surface area contributed by atoms with Crippen LogP contribution in [0, 0.1) is 5.82 Å². The summed E-state index contributed by atoms with van der Waals surface area (Å²) in [6.45, 7) is 0.237. The quantitative estimate of drug-likeness (QED) is 0.429. The highest BCUT2D eigenvalue weighted by Crippen LogP contribution is 2.34. The second kappa shape index (κ2) is 5.32. The number of phenols is 2. The molecule has 0 unspecified atom stereocenters. The average molecular weight is 294 g/mol. The van der Waals surface area contributed by atoms with Crippen LogP contribution < -0.4 is 4.48 Å². The van der Waals surface area contributed by atoms with Gasteiger partial charge in [-0.2, -0.15) is 8.42 Å². The highest BCUT2D eigenvalue weighted by atomic mass is 32.2. The van der Waals surface area contributed by atoms with Crippen LogP contribution in [-0.4, -0.2) is 49.6 Å². The van der Waals surface area contributed by atoms with E-state index in [1.54, 1.807) is 14.1 Å². The number of quaternary nitrogens is 1. The van der Waals surface area contributed by atoms with Gasteiger partial charge in [-0.15, -0.1) is 0 Å². The molecule has 0 atom stereocenters. The standard InChI is InChI=1S/C11H16FNO5S/c1-13(2,4-3-5-19(16,17)18)9-7-11(15)10(14)6-8(9)12/h6-7H,3-5H2,1-2H3,(H2-,14,15,16,17,18)/p+1. The van der Waals surface area contributed by atoms with Crippen LogP contribution in [0.25, 0.3) is 0 Å². The first-order valence-corrected chi connectivity index (χ1v) is 7.14. The number of rotatable bonds is 5. The molecule has 0 aliphatic carbocycles. The van der Waals surface area contributed by atoms with E-state index in [0.29, 0.717) is 0 Å². The third-order valence-corrected chi connectivity index (χ3v) is 3.62. The normalized spacial score (nSPS) is 12.6. The van der Waals surface area contributed by atoms with Crippen molar-refractivity contribution < 1.29 is 27.6 Å². The van der Waals surface area contributed by atoms with Crippen LogP contribution in [0.2, 0.25) is 0 Å². The van der Waals surface area contributed by atoms with Gasteiger partial charge in [-0.3, -0.25) is 9.04 Å². The lowest BCUT2D eigenvalue weighted by Crippen LogP contribution is -2.42. The summed E-state index contributed by atoms with van der Waals surface area (Å²) in [5.41, 5.74) is 0.116.